The predicted molar refractivity (Wildman–Crippen MR) is 71.5 cm³/mol. The van der Waals surface area contributed by atoms with Crippen LogP contribution in [0, 0.1) is 5.82 Å². The van der Waals surface area contributed by atoms with Crippen molar-refractivity contribution in [3.63, 3.8) is 0 Å². The summed E-state index contributed by atoms with van der Waals surface area (Å²) >= 11 is 5.76. The maximum absolute atomic E-state index is 13.1. The minimum absolute atomic E-state index is 0.115. The normalized spacial score (nSPS) is 14.7. The summed E-state index contributed by atoms with van der Waals surface area (Å²) < 4.78 is 18.1. The molecule has 5 heteroatoms. The highest BCUT2D eigenvalue weighted by atomic mass is 35.5. The van der Waals surface area contributed by atoms with Gasteiger partial charge in [-0.05, 0) is 37.5 Å². The lowest BCUT2D eigenvalue weighted by molar-refractivity contribution is -0.144. The highest BCUT2D eigenvalue weighted by molar-refractivity contribution is 6.30. The van der Waals surface area contributed by atoms with Crippen LogP contribution in [-0.2, 0) is 16.1 Å². The quantitative estimate of drug-likeness (QED) is 0.753. The Labute approximate surface area is 117 Å². The molecule has 0 amide bonds. The molecule has 0 bridgehead atoms. The van der Waals surface area contributed by atoms with Crippen LogP contribution in [0.5, 0.6) is 0 Å². The van der Waals surface area contributed by atoms with E-state index < -0.39 is 5.82 Å². The van der Waals surface area contributed by atoms with E-state index in [9.17, 15) is 9.18 Å². The van der Waals surface area contributed by atoms with E-state index in [1.807, 2.05) is 0 Å². The Bertz CT molecular complexity index is 463. The number of rotatable bonds is 6. The van der Waals surface area contributed by atoms with Crippen LogP contribution in [0.3, 0.4) is 0 Å². The molecule has 19 heavy (non-hydrogen) atoms. The van der Waals surface area contributed by atoms with Gasteiger partial charge in [0.1, 0.15) is 5.82 Å². The van der Waals surface area contributed by atoms with E-state index in [0.29, 0.717) is 19.2 Å². The summed E-state index contributed by atoms with van der Waals surface area (Å²) in [4.78, 5) is 13.6. The third kappa shape index (κ3) is 4.18. The summed E-state index contributed by atoms with van der Waals surface area (Å²) in [6.45, 7) is 3.04. The van der Waals surface area contributed by atoms with Crippen LogP contribution in [0.1, 0.15) is 25.3 Å². The third-order valence-corrected chi connectivity index (χ3v) is 3.36. The van der Waals surface area contributed by atoms with Gasteiger partial charge in [-0.25, -0.2) is 4.39 Å². The van der Waals surface area contributed by atoms with Gasteiger partial charge in [0.25, 0.3) is 0 Å². The number of benzene rings is 1. The zero-order chi connectivity index (χ0) is 13.8. The fraction of sp³-hybridized carbons (Fsp3) is 0.500. The second-order valence-electron chi connectivity index (χ2n) is 4.69. The summed E-state index contributed by atoms with van der Waals surface area (Å²) in [5.41, 5.74) is 0.905. The van der Waals surface area contributed by atoms with E-state index in [2.05, 4.69) is 4.90 Å². The predicted octanol–water partition coefficient (Wildman–Crippen LogP) is 3.01. The zero-order valence-electron chi connectivity index (χ0n) is 10.9. The van der Waals surface area contributed by atoms with Gasteiger partial charge in [-0.2, -0.15) is 0 Å². The average molecular weight is 286 g/mol. The molecule has 1 aliphatic carbocycles. The zero-order valence-corrected chi connectivity index (χ0v) is 11.6. The summed E-state index contributed by atoms with van der Waals surface area (Å²) in [6, 6.07) is 5.08. The van der Waals surface area contributed by atoms with Crippen molar-refractivity contribution in [3.8, 4) is 0 Å². The summed E-state index contributed by atoms with van der Waals surface area (Å²) in [5, 5.41) is 0.115. The van der Waals surface area contributed by atoms with Crippen molar-refractivity contribution < 1.29 is 13.9 Å². The van der Waals surface area contributed by atoms with Gasteiger partial charge in [0.2, 0.25) is 0 Å². The monoisotopic (exact) mass is 285 g/mol. The molecule has 3 nitrogen and oxygen atoms in total. The minimum atomic E-state index is -0.422. The Morgan fingerprint density at radius 2 is 2.26 bits per heavy atom. The molecule has 0 radical (unpaired) electrons. The second kappa shape index (κ2) is 6.35. The fourth-order valence-electron chi connectivity index (χ4n) is 2.00. The molecule has 0 heterocycles. The molecule has 1 aliphatic rings. The number of ether oxygens (including phenoxy) is 1. The van der Waals surface area contributed by atoms with Crippen molar-refractivity contribution >= 4 is 17.6 Å². The molecule has 1 aromatic carbocycles. The molecule has 0 N–H and O–H groups in total. The second-order valence-corrected chi connectivity index (χ2v) is 5.10. The van der Waals surface area contributed by atoms with Crippen LogP contribution in [-0.4, -0.2) is 30.1 Å². The summed E-state index contributed by atoms with van der Waals surface area (Å²) in [7, 11) is 0. The van der Waals surface area contributed by atoms with Crippen LogP contribution in [0.15, 0.2) is 18.2 Å². The number of halogens is 2. The van der Waals surface area contributed by atoms with E-state index in [-0.39, 0.29) is 17.5 Å². The van der Waals surface area contributed by atoms with E-state index in [1.165, 1.54) is 6.07 Å². The Hall–Kier alpha value is -1.13. The van der Waals surface area contributed by atoms with Crippen molar-refractivity contribution in [2.75, 3.05) is 13.2 Å². The Morgan fingerprint density at radius 3 is 2.84 bits per heavy atom. The third-order valence-electron chi connectivity index (χ3n) is 3.07. The average Bonchev–Trinajstić information content (AvgIpc) is 3.17. The van der Waals surface area contributed by atoms with Crippen LogP contribution < -0.4 is 0 Å². The molecule has 2 rings (SSSR count). The Morgan fingerprint density at radius 1 is 1.53 bits per heavy atom. The number of nitrogens with zero attached hydrogens (tertiary/aromatic N) is 1. The fourth-order valence-corrected chi connectivity index (χ4v) is 2.20. The standard InChI is InChI=1S/C14H17ClFNO2/c1-2-19-14(18)9-17(11-4-5-11)8-10-3-6-13(16)12(15)7-10/h3,6-7,11H,2,4-5,8-9H2,1H3. The van der Waals surface area contributed by atoms with Crippen LogP contribution in [0.2, 0.25) is 5.02 Å². The van der Waals surface area contributed by atoms with Gasteiger partial charge in [-0.3, -0.25) is 9.69 Å². The molecule has 1 saturated carbocycles. The number of hydrogen-bond donors (Lipinski definition) is 0. The van der Waals surface area contributed by atoms with Gasteiger partial charge in [0.15, 0.2) is 0 Å². The lowest BCUT2D eigenvalue weighted by Gasteiger charge is -2.21. The van der Waals surface area contributed by atoms with E-state index in [1.54, 1.807) is 19.1 Å². The van der Waals surface area contributed by atoms with Crippen molar-refractivity contribution in [2.24, 2.45) is 0 Å². The molecule has 0 unspecified atom stereocenters. The Balaban J connectivity index is 1.99. The topological polar surface area (TPSA) is 29.5 Å². The molecule has 1 fully saturated rings. The van der Waals surface area contributed by atoms with Crippen LogP contribution in [0.25, 0.3) is 0 Å². The summed E-state index contributed by atoms with van der Waals surface area (Å²) in [5.74, 6) is -0.642. The molecule has 0 aromatic heterocycles. The van der Waals surface area contributed by atoms with E-state index >= 15 is 0 Å². The first kappa shape index (κ1) is 14.3. The largest absolute Gasteiger partial charge is 0.465 e. The minimum Gasteiger partial charge on any atom is -0.465 e. The number of carbonyl (C=O) groups is 1. The van der Waals surface area contributed by atoms with Gasteiger partial charge in [0.05, 0.1) is 18.2 Å². The maximum atomic E-state index is 13.1. The van der Waals surface area contributed by atoms with Crippen molar-refractivity contribution in [2.45, 2.75) is 32.4 Å². The van der Waals surface area contributed by atoms with Gasteiger partial charge in [-0.15, -0.1) is 0 Å². The van der Waals surface area contributed by atoms with Crippen LogP contribution >= 0.6 is 11.6 Å². The van der Waals surface area contributed by atoms with Crippen molar-refractivity contribution in [3.05, 3.63) is 34.6 Å². The Kier molecular flexibility index (Phi) is 4.77. The highest BCUT2D eigenvalue weighted by Gasteiger charge is 2.30. The lowest BCUT2D eigenvalue weighted by atomic mass is 10.2. The van der Waals surface area contributed by atoms with E-state index in [0.717, 1.165) is 18.4 Å². The number of carbonyl (C=O) groups excluding carboxylic acids is 1. The molecule has 0 saturated heterocycles. The molecule has 104 valence electrons. The number of esters is 1. The molecule has 0 aliphatic heterocycles. The highest BCUT2D eigenvalue weighted by Crippen LogP contribution is 2.28. The first-order valence-electron chi connectivity index (χ1n) is 6.43. The molecule has 0 spiro atoms. The van der Waals surface area contributed by atoms with E-state index in [4.69, 9.17) is 16.3 Å². The molecule has 0 atom stereocenters. The van der Waals surface area contributed by atoms with Gasteiger partial charge < -0.3 is 4.74 Å². The maximum Gasteiger partial charge on any atom is 0.320 e. The molecular formula is C14H17ClFNO2. The van der Waals surface area contributed by atoms with Gasteiger partial charge in [-0.1, -0.05) is 17.7 Å². The lowest BCUT2D eigenvalue weighted by Crippen LogP contribution is -2.32. The smallest absolute Gasteiger partial charge is 0.320 e. The van der Waals surface area contributed by atoms with Crippen molar-refractivity contribution in [1.29, 1.82) is 0 Å². The van der Waals surface area contributed by atoms with Crippen LogP contribution in [0.4, 0.5) is 4.39 Å². The summed E-state index contributed by atoms with van der Waals surface area (Å²) in [6.07, 6.45) is 2.18. The van der Waals surface area contributed by atoms with Crippen molar-refractivity contribution in [1.82, 2.24) is 4.90 Å². The first-order chi connectivity index (χ1) is 9.10. The van der Waals surface area contributed by atoms with Gasteiger partial charge >= 0.3 is 5.97 Å². The molecular weight excluding hydrogens is 269 g/mol. The SMILES string of the molecule is CCOC(=O)CN(Cc1ccc(F)c(Cl)c1)C1CC1. The number of hydrogen-bond acceptors (Lipinski definition) is 3. The first-order valence-corrected chi connectivity index (χ1v) is 6.81. The van der Waals surface area contributed by atoms with Gasteiger partial charge in [0, 0.05) is 12.6 Å². The molecule has 1 aromatic rings.